The van der Waals surface area contributed by atoms with Gasteiger partial charge < -0.3 is 10.5 Å². The van der Waals surface area contributed by atoms with Crippen molar-refractivity contribution < 1.29 is 22.3 Å². The summed E-state index contributed by atoms with van der Waals surface area (Å²) in [7, 11) is 0. The van der Waals surface area contributed by atoms with Crippen LogP contribution in [0, 0.1) is 5.82 Å². The Morgan fingerprint density at radius 3 is 2.38 bits per heavy atom. The van der Waals surface area contributed by atoms with Crippen LogP contribution >= 0.6 is 0 Å². The lowest BCUT2D eigenvalue weighted by Crippen LogP contribution is -2.17. The van der Waals surface area contributed by atoms with Gasteiger partial charge in [-0.2, -0.15) is 0 Å². The molecule has 0 aliphatic heterocycles. The van der Waals surface area contributed by atoms with Crippen LogP contribution in [0.5, 0.6) is 5.75 Å². The molecule has 0 unspecified atom stereocenters. The number of hydrogen-bond donors (Lipinski definition) is 1. The number of ether oxygens (including phenoxy) is 1. The Morgan fingerprint density at radius 1 is 1.00 bits per heavy atom. The zero-order chi connectivity index (χ0) is 15.5. The number of rotatable bonds is 4. The fourth-order valence-corrected chi connectivity index (χ4v) is 2.12. The van der Waals surface area contributed by atoms with Gasteiger partial charge in [0.05, 0.1) is 0 Å². The van der Waals surface area contributed by atoms with Crippen molar-refractivity contribution in [3.8, 4) is 16.9 Å². The molecule has 6 heteroatoms. The van der Waals surface area contributed by atoms with Crippen molar-refractivity contribution in [2.24, 2.45) is 5.73 Å². The maximum absolute atomic E-state index is 14.1. The van der Waals surface area contributed by atoms with E-state index in [4.69, 9.17) is 5.73 Å². The van der Waals surface area contributed by atoms with Crippen LogP contribution in [0.1, 0.15) is 5.56 Å². The van der Waals surface area contributed by atoms with E-state index in [1.807, 2.05) is 0 Å². The largest absolute Gasteiger partial charge is 0.573 e. The Labute approximate surface area is 119 Å². The molecule has 0 aromatic heterocycles. The fraction of sp³-hybridized carbons (Fsp3) is 0.200. The highest BCUT2D eigenvalue weighted by Gasteiger charge is 2.32. The van der Waals surface area contributed by atoms with E-state index in [0.29, 0.717) is 12.0 Å². The van der Waals surface area contributed by atoms with E-state index in [9.17, 15) is 17.6 Å². The summed E-state index contributed by atoms with van der Waals surface area (Å²) in [5.74, 6) is -1.05. The van der Waals surface area contributed by atoms with Gasteiger partial charge in [-0.05, 0) is 30.7 Å². The SMILES string of the molecule is NCCc1cccc(F)c1-c1ccccc1OC(F)(F)F. The summed E-state index contributed by atoms with van der Waals surface area (Å²) in [6.45, 7) is 0.263. The van der Waals surface area contributed by atoms with Gasteiger partial charge >= 0.3 is 6.36 Å². The van der Waals surface area contributed by atoms with Gasteiger partial charge in [0, 0.05) is 11.1 Å². The molecule has 0 fully saturated rings. The van der Waals surface area contributed by atoms with Crippen molar-refractivity contribution in [2.45, 2.75) is 12.8 Å². The Bertz CT molecular complexity index is 625. The molecular weight excluding hydrogens is 286 g/mol. The standard InChI is InChI=1S/C15H13F4NO/c16-12-6-3-4-10(8-9-20)14(12)11-5-1-2-7-13(11)21-15(17,18)19/h1-7H,8-9,20H2. The summed E-state index contributed by atoms with van der Waals surface area (Å²) in [5, 5.41) is 0. The van der Waals surface area contributed by atoms with Gasteiger partial charge in [-0.1, -0.05) is 30.3 Å². The van der Waals surface area contributed by atoms with Crippen LogP contribution in [0.2, 0.25) is 0 Å². The maximum atomic E-state index is 14.1. The molecule has 112 valence electrons. The van der Waals surface area contributed by atoms with E-state index >= 15 is 0 Å². The van der Waals surface area contributed by atoms with Gasteiger partial charge in [0.25, 0.3) is 0 Å². The van der Waals surface area contributed by atoms with E-state index in [-0.39, 0.29) is 17.7 Å². The van der Waals surface area contributed by atoms with E-state index in [0.717, 1.165) is 6.07 Å². The Hall–Kier alpha value is -2.08. The van der Waals surface area contributed by atoms with Gasteiger partial charge in [0.2, 0.25) is 0 Å². The number of benzene rings is 2. The average molecular weight is 299 g/mol. The minimum Gasteiger partial charge on any atom is -0.405 e. The van der Waals surface area contributed by atoms with Gasteiger partial charge in [0.15, 0.2) is 0 Å². The summed E-state index contributed by atoms with van der Waals surface area (Å²) in [6, 6.07) is 9.79. The highest BCUT2D eigenvalue weighted by Crippen LogP contribution is 2.37. The smallest absolute Gasteiger partial charge is 0.405 e. The van der Waals surface area contributed by atoms with E-state index in [1.165, 1.54) is 30.3 Å². The van der Waals surface area contributed by atoms with Crippen LogP contribution in [-0.2, 0) is 6.42 Å². The number of para-hydroxylation sites is 1. The Morgan fingerprint density at radius 2 is 1.71 bits per heavy atom. The lowest BCUT2D eigenvalue weighted by atomic mass is 9.96. The quantitative estimate of drug-likeness (QED) is 0.869. The molecule has 2 N–H and O–H groups in total. The molecule has 0 bridgehead atoms. The molecule has 0 amide bonds. The highest BCUT2D eigenvalue weighted by molar-refractivity contribution is 5.74. The van der Waals surface area contributed by atoms with Crippen molar-refractivity contribution in [3.05, 3.63) is 53.8 Å². The van der Waals surface area contributed by atoms with E-state index in [2.05, 4.69) is 4.74 Å². The second kappa shape index (κ2) is 6.13. The highest BCUT2D eigenvalue weighted by atomic mass is 19.4. The van der Waals surface area contributed by atoms with Crippen molar-refractivity contribution in [3.63, 3.8) is 0 Å². The van der Waals surface area contributed by atoms with E-state index in [1.54, 1.807) is 6.07 Å². The minimum atomic E-state index is -4.84. The number of nitrogens with two attached hydrogens (primary N) is 1. The molecule has 2 aromatic carbocycles. The van der Waals surface area contributed by atoms with E-state index < -0.39 is 17.9 Å². The lowest BCUT2D eigenvalue weighted by Gasteiger charge is -2.16. The molecule has 2 rings (SSSR count). The molecule has 21 heavy (non-hydrogen) atoms. The number of halogens is 4. The molecule has 0 spiro atoms. The van der Waals surface area contributed by atoms with Crippen molar-refractivity contribution in [1.82, 2.24) is 0 Å². The normalized spacial score (nSPS) is 11.5. The predicted molar refractivity (Wildman–Crippen MR) is 71.3 cm³/mol. The molecule has 0 aliphatic carbocycles. The first-order chi connectivity index (χ1) is 9.92. The average Bonchev–Trinajstić information content (AvgIpc) is 2.39. The third-order valence-electron chi connectivity index (χ3n) is 2.90. The maximum Gasteiger partial charge on any atom is 0.573 e. The fourth-order valence-electron chi connectivity index (χ4n) is 2.12. The van der Waals surface area contributed by atoms with Crippen LogP contribution in [0.4, 0.5) is 17.6 Å². The monoisotopic (exact) mass is 299 g/mol. The molecule has 2 aromatic rings. The molecule has 0 radical (unpaired) electrons. The molecule has 0 aliphatic rings. The molecule has 0 heterocycles. The number of alkyl halides is 3. The van der Waals surface area contributed by atoms with Crippen molar-refractivity contribution >= 4 is 0 Å². The minimum absolute atomic E-state index is 0.0522. The zero-order valence-electron chi connectivity index (χ0n) is 11.0. The summed E-state index contributed by atoms with van der Waals surface area (Å²) in [6.07, 6.45) is -4.48. The second-order valence-electron chi connectivity index (χ2n) is 4.36. The summed E-state index contributed by atoms with van der Waals surface area (Å²) >= 11 is 0. The number of hydrogen-bond acceptors (Lipinski definition) is 2. The topological polar surface area (TPSA) is 35.2 Å². The van der Waals surface area contributed by atoms with Gasteiger partial charge in [-0.15, -0.1) is 13.2 Å². The lowest BCUT2D eigenvalue weighted by molar-refractivity contribution is -0.274. The third kappa shape index (κ3) is 3.72. The van der Waals surface area contributed by atoms with Gasteiger partial charge in [0.1, 0.15) is 11.6 Å². The molecule has 0 saturated heterocycles. The zero-order valence-corrected chi connectivity index (χ0v) is 11.0. The van der Waals surface area contributed by atoms with Crippen LogP contribution in [0.25, 0.3) is 11.1 Å². The van der Waals surface area contributed by atoms with Crippen LogP contribution in [0.15, 0.2) is 42.5 Å². The third-order valence-corrected chi connectivity index (χ3v) is 2.90. The summed E-state index contributed by atoms with van der Waals surface area (Å²) in [5.41, 5.74) is 6.14. The van der Waals surface area contributed by atoms with Crippen LogP contribution in [0.3, 0.4) is 0 Å². The molecule has 0 saturated carbocycles. The molecule has 2 nitrogen and oxygen atoms in total. The summed E-state index contributed by atoms with van der Waals surface area (Å²) in [4.78, 5) is 0. The van der Waals surface area contributed by atoms with Crippen molar-refractivity contribution in [1.29, 1.82) is 0 Å². The first kappa shape index (κ1) is 15.3. The first-order valence-corrected chi connectivity index (χ1v) is 6.25. The molecular formula is C15H13F4NO. The Balaban J connectivity index is 2.57. The van der Waals surface area contributed by atoms with Gasteiger partial charge in [-0.25, -0.2) is 4.39 Å². The first-order valence-electron chi connectivity index (χ1n) is 6.25. The summed E-state index contributed by atoms with van der Waals surface area (Å²) < 4.78 is 55.4. The van der Waals surface area contributed by atoms with Gasteiger partial charge in [-0.3, -0.25) is 0 Å². The predicted octanol–water partition coefficient (Wildman–Crippen LogP) is 3.89. The van der Waals surface area contributed by atoms with Crippen LogP contribution in [-0.4, -0.2) is 12.9 Å². The van der Waals surface area contributed by atoms with Crippen LogP contribution < -0.4 is 10.5 Å². The second-order valence-corrected chi connectivity index (χ2v) is 4.36. The Kier molecular flexibility index (Phi) is 4.47. The van der Waals surface area contributed by atoms with Crippen molar-refractivity contribution in [2.75, 3.05) is 6.54 Å². The molecule has 0 atom stereocenters.